The molecule has 2 heteroatoms. The number of benzene rings is 2. The van der Waals surface area contributed by atoms with E-state index in [1.54, 1.807) is 0 Å². The number of aryl methyl sites for hydroxylation is 2. The molecule has 2 unspecified atom stereocenters. The van der Waals surface area contributed by atoms with Gasteiger partial charge >= 0.3 is 0 Å². The van der Waals surface area contributed by atoms with Crippen molar-refractivity contribution in [2.24, 2.45) is 11.8 Å². The normalized spacial score (nSPS) is 23.3. The van der Waals surface area contributed by atoms with Crippen molar-refractivity contribution in [3.8, 4) is 0 Å². The van der Waals surface area contributed by atoms with E-state index in [0.717, 1.165) is 60.2 Å². The van der Waals surface area contributed by atoms with E-state index in [9.17, 15) is 9.59 Å². The summed E-state index contributed by atoms with van der Waals surface area (Å²) < 4.78 is 0. The van der Waals surface area contributed by atoms with E-state index >= 15 is 0 Å². The molecule has 2 nitrogen and oxygen atoms in total. The van der Waals surface area contributed by atoms with E-state index in [0.29, 0.717) is 0 Å². The molecule has 2 fully saturated rings. The molecule has 2 aromatic rings. The highest BCUT2D eigenvalue weighted by Crippen LogP contribution is 2.39. The van der Waals surface area contributed by atoms with E-state index in [1.165, 1.54) is 99.3 Å². The molecule has 0 radical (unpaired) electrons. The second kappa shape index (κ2) is 16.0. The first-order valence-corrected chi connectivity index (χ1v) is 15.7. The lowest BCUT2D eigenvalue weighted by molar-refractivity contribution is 0.111. The zero-order chi connectivity index (χ0) is 27.3. The summed E-state index contributed by atoms with van der Waals surface area (Å²) in [6, 6.07) is 12.9. The molecular formula is C36H52O2. The Hall–Kier alpha value is -2.22. The number of hydrogen-bond donors (Lipinski definition) is 0. The van der Waals surface area contributed by atoms with Gasteiger partial charge in [0.15, 0.2) is 0 Å². The van der Waals surface area contributed by atoms with Gasteiger partial charge in [0.1, 0.15) is 12.6 Å². The molecule has 0 bridgehead atoms. The summed E-state index contributed by atoms with van der Waals surface area (Å²) in [6.07, 6.45) is 20.2. The maximum Gasteiger partial charge on any atom is 0.150 e. The van der Waals surface area contributed by atoms with Crippen LogP contribution >= 0.6 is 0 Å². The van der Waals surface area contributed by atoms with Crippen molar-refractivity contribution in [1.29, 1.82) is 0 Å². The smallest absolute Gasteiger partial charge is 0.150 e. The first-order chi connectivity index (χ1) is 18.6. The predicted molar refractivity (Wildman–Crippen MR) is 162 cm³/mol. The van der Waals surface area contributed by atoms with Crippen LogP contribution in [0.1, 0.15) is 160 Å². The molecule has 2 atom stereocenters. The van der Waals surface area contributed by atoms with Crippen molar-refractivity contribution < 1.29 is 9.59 Å². The lowest BCUT2D eigenvalue weighted by Crippen LogP contribution is -2.14. The van der Waals surface area contributed by atoms with Crippen LogP contribution in [-0.4, -0.2) is 12.6 Å². The summed E-state index contributed by atoms with van der Waals surface area (Å²) in [4.78, 5) is 22.0. The molecule has 2 aromatic carbocycles. The summed E-state index contributed by atoms with van der Waals surface area (Å²) >= 11 is 0. The van der Waals surface area contributed by atoms with E-state index in [4.69, 9.17) is 0 Å². The summed E-state index contributed by atoms with van der Waals surface area (Å²) in [6.45, 7) is 8.84. The molecule has 0 aromatic heterocycles. The number of hydrogen-bond acceptors (Lipinski definition) is 2. The second-order valence-corrected chi connectivity index (χ2v) is 11.9. The average Bonchev–Trinajstić information content (AvgIpc) is 2.97. The van der Waals surface area contributed by atoms with Crippen LogP contribution in [0.5, 0.6) is 0 Å². The fourth-order valence-electron chi connectivity index (χ4n) is 7.06. The van der Waals surface area contributed by atoms with Gasteiger partial charge in [-0.25, -0.2) is 0 Å². The van der Waals surface area contributed by atoms with Gasteiger partial charge in [-0.15, -0.1) is 0 Å². The molecule has 38 heavy (non-hydrogen) atoms. The minimum atomic E-state index is 0.719. The highest BCUT2D eigenvalue weighted by atomic mass is 16.1. The summed E-state index contributed by atoms with van der Waals surface area (Å²) in [5.41, 5.74) is 7.08. The van der Waals surface area contributed by atoms with E-state index in [-0.39, 0.29) is 0 Å². The van der Waals surface area contributed by atoms with Crippen LogP contribution < -0.4 is 0 Å². The van der Waals surface area contributed by atoms with Crippen LogP contribution in [0, 0.1) is 11.8 Å². The second-order valence-electron chi connectivity index (χ2n) is 11.9. The molecule has 2 aliphatic rings. The maximum absolute atomic E-state index is 11.0. The Labute approximate surface area is 233 Å². The molecule has 208 valence electrons. The Bertz CT molecular complexity index is 996. The Morgan fingerprint density at radius 1 is 0.632 bits per heavy atom. The SMILES string of the molecule is CCCC1CCC(c2ccc(C=O)c(CC)c2)CC1.CCCC1CCCC(c2ccc(C=O)c(CC)c2)C1. The standard InChI is InChI=1S/2C18H26O/c1-3-6-14-7-5-8-16(11-14)17-9-10-18(13-19)15(4-2)12-17;1-3-5-14-6-8-16(9-7-14)17-10-11-18(13-19)15(4-2)12-17/h9-10,12-14,16H,3-8,11H2,1-2H3;10-14,16H,3-9H2,1-2H3. The van der Waals surface area contributed by atoms with E-state index in [1.807, 2.05) is 12.1 Å². The number of carbonyl (C=O) groups excluding carboxylic acids is 2. The van der Waals surface area contributed by atoms with Crippen molar-refractivity contribution >= 4 is 12.6 Å². The lowest BCUT2D eigenvalue weighted by atomic mass is 9.76. The molecule has 4 rings (SSSR count). The highest BCUT2D eigenvalue weighted by molar-refractivity contribution is 5.78. The van der Waals surface area contributed by atoms with Crippen LogP contribution in [-0.2, 0) is 12.8 Å². The van der Waals surface area contributed by atoms with Gasteiger partial charge in [0, 0.05) is 11.1 Å². The summed E-state index contributed by atoms with van der Waals surface area (Å²) in [5.74, 6) is 3.32. The Morgan fingerprint density at radius 2 is 1.16 bits per heavy atom. The first-order valence-electron chi connectivity index (χ1n) is 15.7. The Morgan fingerprint density at radius 3 is 1.66 bits per heavy atom. The molecule has 0 heterocycles. The molecule has 0 saturated heterocycles. The van der Waals surface area contributed by atoms with Crippen molar-refractivity contribution in [1.82, 2.24) is 0 Å². The molecule has 0 amide bonds. The van der Waals surface area contributed by atoms with Gasteiger partial charge in [0.25, 0.3) is 0 Å². The summed E-state index contributed by atoms with van der Waals surface area (Å²) in [7, 11) is 0. The van der Waals surface area contributed by atoms with Gasteiger partial charge in [-0.3, -0.25) is 9.59 Å². The van der Waals surface area contributed by atoms with Crippen molar-refractivity contribution in [3.05, 3.63) is 69.8 Å². The first kappa shape index (κ1) is 30.3. The third-order valence-electron chi connectivity index (χ3n) is 9.32. The van der Waals surface area contributed by atoms with Crippen molar-refractivity contribution in [3.63, 3.8) is 0 Å². The third kappa shape index (κ3) is 8.39. The van der Waals surface area contributed by atoms with Crippen LogP contribution in [0.3, 0.4) is 0 Å². The topological polar surface area (TPSA) is 34.1 Å². The molecule has 0 spiro atoms. The number of carbonyl (C=O) groups is 2. The zero-order valence-corrected chi connectivity index (χ0v) is 24.6. The zero-order valence-electron chi connectivity index (χ0n) is 24.6. The van der Waals surface area contributed by atoms with Crippen LogP contribution in [0.4, 0.5) is 0 Å². The predicted octanol–water partition coefficient (Wildman–Crippen LogP) is 10.3. The van der Waals surface area contributed by atoms with Gasteiger partial charge in [0.2, 0.25) is 0 Å². The monoisotopic (exact) mass is 516 g/mol. The molecule has 2 saturated carbocycles. The van der Waals surface area contributed by atoms with Crippen LogP contribution in [0.15, 0.2) is 36.4 Å². The number of aldehydes is 2. The van der Waals surface area contributed by atoms with Gasteiger partial charge in [-0.05, 0) is 97.3 Å². The van der Waals surface area contributed by atoms with Crippen molar-refractivity contribution in [2.75, 3.05) is 0 Å². The minimum Gasteiger partial charge on any atom is -0.298 e. The molecule has 0 N–H and O–H groups in total. The van der Waals surface area contributed by atoms with Gasteiger partial charge in [0.05, 0.1) is 0 Å². The lowest BCUT2D eigenvalue weighted by Gasteiger charge is -2.29. The average molecular weight is 517 g/mol. The van der Waals surface area contributed by atoms with E-state index in [2.05, 4.69) is 52.0 Å². The summed E-state index contributed by atoms with van der Waals surface area (Å²) in [5, 5.41) is 0. The highest BCUT2D eigenvalue weighted by Gasteiger charge is 2.23. The van der Waals surface area contributed by atoms with Gasteiger partial charge in [-0.1, -0.05) is 103 Å². The quantitative estimate of drug-likeness (QED) is 0.294. The fraction of sp³-hybridized carbons (Fsp3) is 0.611. The maximum atomic E-state index is 11.0. The molecular weight excluding hydrogens is 464 g/mol. The molecule has 0 aliphatic heterocycles. The Balaban J connectivity index is 0.000000211. The largest absolute Gasteiger partial charge is 0.298 e. The van der Waals surface area contributed by atoms with Crippen LogP contribution in [0.25, 0.3) is 0 Å². The molecule has 2 aliphatic carbocycles. The Kier molecular flexibility index (Phi) is 12.8. The van der Waals surface area contributed by atoms with Gasteiger partial charge in [-0.2, -0.15) is 0 Å². The van der Waals surface area contributed by atoms with Crippen molar-refractivity contribution in [2.45, 2.75) is 129 Å². The minimum absolute atomic E-state index is 0.719. The van der Waals surface area contributed by atoms with E-state index < -0.39 is 0 Å². The third-order valence-corrected chi connectivity index (χ3v) is 9.32. The number of rotatable bonds is 10. The van der Waals surface area contributed by atoms with Gasteiger partial charge < -0.3 is 0 Å². The van der Waals surface area contributed by atoms with Crippen LogP contribution in [0.2, 0.25) is 0 Å². The fourth-order valence-corrected chi connectivity index (χ4v) is 7.06.